The van der Waals surface area contributed by atoms with E-state index in [9.17, 15) is 4.79 Å². The van der Waals surface area contributed by atoms with E-state index in [4.69, 9.17) is 5.73 Å². The van der Waals surface area contributed by atoms with Crippen LogP contribution in [0.4, 0.5) is 11.4 Å². The average molecular weight is 333 g/mol. The van der Waals surface area contributed by atoms with Crippen LogP contribution in [0.3, 0.4) is 0 Å². The minimum absolute atomic E-state index is 0.0232. The van der Waals surface area contributed by atoms with Gasteiger partial charge in [-0.15, -0.1) is 0 Å². The lowest BCUT2D eigenvalue weighted by molar-refractivity contribution is 0.0986. The molecule has 0 fully saturated rings. The third-order valence-corrected chi connectivity index (χ3v) is 3.67. The van der Waals surface area contributed by atoms with Crippen LogP contribution in [-0.4, -0.2) is 12.5 Å². The average Bonchev–Trinajstić information content (AvgIpc) is 2.44. The molecule has 0 saturated heterocycles. The number of nitrogens with two attached hydrogens (primary N) is 1. The highest BCUT2D eigenvalue weighted by molar-refractivity contribution is 9.10. The van der Waals surface area contributed by atoms with E-state index in [1.165, 1.54) is 0 Å². The zero-order valence-electron chi connectivity index (χ0n) is 11.3. The van der Waals surface area contributed by atoms with Gasteiger partial charge in [0.15, 0.2) is 0 Å². The SMILES string of the molecule is CCCN(C(=O)c1ccccc1Br)c1cccc(N)c1. The summed E-state index contributed by atoms with van der Waals surface area (Å²) in [5.74, 6) is -0.0232. The second-order valence-corrected chi connectivity index (χ2v) is 5.39. The van der Waals surface area contributed by atoms with Crippen molar-refractivity contribution < 1.29 is 4.79 Å². The highest BCUT2D eigenvalue weighted by Gasteiger charge is 2.18. The number of anilines is 2. The number of carbonyl (C=O) groups excluding carboxylic acids is 1. The molecular weight excluding hydrogens is 316 g/mol. The molecule has 0 heterocycles. The predicted octanol–water partition coefficient (Wildman–Crippen LogP) is 4.09. The van der Waals surface area contributed by atoms with Crippen molar-refractivity contribution in [2.75, 3.05) is 17.2 Å². The molecule has 0 atom stereocenters. The number of amides is 1. The lowest BCUT2D eigenvalue weighted by atomic mass is 10.1. The monoisotopic (exact) mass is 332 g/mol. The van der Waals surface area contributed by atoms with Gasteiger partial charge in [0.25, 0.3) is 5.91 Å². The molecule has 0 aliphatic carbocycles. The van der Waals surface area contributed by atoms with Crippen molar-refractivity contribution in [3.63, 3.8) is 0 Å². The Balaban J connectivity index is 2.39. The van der Waals surface area contributed by atoms with Crippen LogP contribution in [-0.2, 0) is 0 Å². The molecule has 0 saturated carbocycles. The van der Waals surface area contributed by atoms with Gasteiger partial charge in [-0.25, -0.2) is 0 Å². The van der Waals surface area contributed by atoms with Crippen molar-refractivity contribution in [2.45, 2.75) is 13.3 Å². The number of hydrogen-bond acceptors (Lipinski definition) is 2. The van der Waals surface area contributed by atoms with Crippen molar-refractivity contribution in [1.82, 2.24) is 0 Å². The van der Waals surface area contributed by atoms with Crippen LogP contribution in [0, 0.1) is 0 Å². The van der Waals surface area contributed by atoms with Crippen molar-refractivity contribution in [1.29, 1.82) is 0 Å². The fraction of sp³-hybridized carbons (Fsp3) is 0.188. The van der Waals surface area contributed by atoms with Gasteiger partial charge in [0.1, 0.15) is 0 Å². The van der Waals surface area contributed by atoms with Gasteiger partial charge in [0.05, 0.1) is 5.56 Å². The minimum Gasteiger partial charge on any atom is -0.399 e. The molecule has 0 bridgehead atoms. The Hall–Kier alpha value is -1.81. The molecule has 0 radical (unpaired) electrons. The molecule has 2 aromatic carbocycles. The normalized spacial score (nSPS) is 10.3. The lowest BCUT2D eigenvalue weighted by Gasteiger charge is -2.23. The lowest BCUT2D eigenvalue weighted by Crippen LogP contribution is -2.32. The fourth-order valence-corrected chi connectivity index (χ4v) is 2.50. The topological polar surface area (TPSA) is 46.3 Å². The first-order valence-electron chi connectivity index (χ1n) is 6.55. The predicted molar refractivity (Wildman–Crippen MR) is 87.0 cm³/mol. The summed E-state index contributed by atoms with van der Waals surface area (Å²) < 4.78 is 0.801. The molecule has 0 aliphatic heterocycles. The van der Waals surface area contributed by atoms with Gasteiger partial charge in [-0.1, -0.05) is 25.1 Å². The third kappa shape index (κ3) is 3.20. The Morgan fingerprint density at radius 3 is 2.60 bits per heavy atom. The Labute approximate surface area is 127 Å². The van der Waals surface area contributed by atoms with Gasteiger partial charge >= 0.3 is 0 Å². The zero-order chi connectivity index (χ0) is 14.5. The van der Waals surface area contributed by atoms with Crippen LogP contribution in [0.1, 0.15) is 23.7 Å². The highest BCUT2D eigenvalue weighted by Crippen LogP contribution is 2.23. The summed E-state index contributed by atoms with van der Waals surface area (Å²) in [6.45, 7) is 2.70. The Kier molecular flexibility index (Phi) is 4.79. The Morgan fingerprint density at radius 2 is 1.95 bits per heavy atom. The molecular formula is C16H17BrN2O. The van der Waals surface area contributed by atoms with Crippen LogP contribution in [0.15, 0.2) is 53.0 Å². The number of benzene rings is 2. The second kappa shape index (κ2) is 6.57. The molecule has 2 aromatic rings. The first kappa shape index (κ1) is 14.6. The van der Waals surface area contributed by atoms with Crippen LogP contribution < -0.4 is 10.6 Å². The van der Waals surface area contributed by atoms with Gasteiger partial charge in [0.2, 0.25) is 0 Å². The number of nitrogens with zero attached hydrogens (tertiary/aromatic N) is 1. The van der Waals surface area contributed by atoms with E-state index in [0.29, 0.717) is 17.8 Å². The zero-order valence-corrected chi connectivity index (χ0v) is 12.9. The van der Waals surface area contributed by atoms with Crippen molar-refractivity contribution >= 4 is 33.2 Å². The molecule has 0 unspecified atom stereocenters. The maximum absolute atomic E-state index is 12.7. The number of hydrogen-bond donors (Lipinski definition) is 1. The number of rotatable bonds is 4. The summed E-state index contributed by atoms with van der Waals surface area (Å²) >= 11 is 3.43. The molecule has 4 heteroatoms. The Morgan fingerprint density at radius 1 is 1.20 bits per heavy atom. The number of carbonyl (C=O) groups is 1. The van der Waals surface area contributed by atoms with E-state index in [2.05, 4.69) is 15.9 Å². The molecule has 20 heavy (non-hydrogen) atoms. The standard InChI is InChI=1S/C16H17BrN2O/c1-2-10-19(13-7-5-6-12(18)11-13)16(20)14-8-3-4-9-15(14)17/h3-9,11H,2,10,18H2,1H3. The summed E-state index contributed by atoms with van der Waals surface area (Å²) in [5.41, 5.74) is 7.95. The summed E-state index contributed by atoms with van der Waals surface area (Å²) in [6.07, 6.45) is 0.880. The summed E-state index contributed by atoms with van der Waals surface area (Å²) in [7, 11) is 0. The molecule has 3 nitrogen and oxygen atoms in total. The quantitative estimate of drug-likeness (QED) is 0.857. The molecule has 104 valence electrons. The maximum Gasteiger partial charge on any atom is 0.259 e. The van der Waals surface area contributed by atoms with E-state index < -0.39 is 0 Å². The second-order valence-electron chi connectivity index (χ2n) is 4.53. The van der Waals surface area contributed by atoms with Crippen molar-refractivity contribution in [3.05, 3.63) is 58.6 Å². The van der Waals surface area contributed by atoms with E-state index >= 15 is 0 Å². The van der Waals surface area contributed by atoms with Gasteiger partial charge in [0, 0.05) is 22.4 Å². The van der Waals surface area contributed by atoms with E-state index in [1.54, 1.807) is 4.90 Å². The molecule has 0 spiro atoms. The van der Waals surface area contributed by atoms with Crippen LogP contribution in [0.25, 0.3) is 0 Å². The van der Waals surface area contributed by atoms with Gasteiger partial charge < -0.3 is 10.6 Å². The molecule has 0 aliphatic rings. The summed E-state index contributed by atoms with van der Waals surface area (Å²) in [6, 6.07) is 14.9. The van der Waals surface area contributed by atoms with Gasteiger partial charge in [-0.3, -0.25) is 4.79 Å². The van der Waals surface area contributed by atoms with E-state index in [0.717, 1.165) is 16.6 Å². The maximum atomic E-state index is 12.7. The molecule has 2 rings (SSSR count). The number of nitrogen functional groups attached to an aromatic ring is 1. The summed E-state index contributed by atoms with van der Waals surface area (Å²) in [5, 5.41) is 0. The van der Waals surface area contributed by atoms with Crippen LogP contribution >= 0.6 is 15.9 Å². The van der Waals surface area contributed by atoms with Crippen LogP contribution in [0.5, 0.6) is 0 Å². The highest BCUT2D eigenvalue weighted by atomic mass is 79.9. The number of halogens is 1. The molecule has 0 aromatic heterocycles. The smallest absolute Gasteiger partial charge is 0.259 e. The minimum atomic E-state index is -0.0232. The summed E-state index contributed by atoms with van der Waals surface area (Å²) in [4.78, 5) is 14.5. The van der Waals surface area contributed by atoms with Gasteiger partial charge in [-0.05, 0) is 52.7 Å². The molecule has 1 amide bonds. The van der Waals surface area contributed by atoms with Crippen molar-refractivity contribution in [3.8, 4) is 0 Å². The van der Waals surface area contributed by atoms with E-state index in [1.807, 2.05) is 55.5 Å². The first-order valence-corrected chi connectivity index (χ1v) is 7.34. The Bertz CT molecular complexity index is 613. The van der Waals surface area contributed by atoms with Gasteiger partial charge in [-0.2, -0.15) is 0 Å². The first-order chi connectivity index (χ1) is 9.63. The largest absolute Gasteiger partial charge is 0.399 e. The third-order valence-electron chi connectivity index (χ3n) is 2.98. The van der Waals surface area contributed by atoms with Crippen molar-refractivity contribution in [2.24, 2.45) is 0 Å². The van der Waals surface area contributed by atoms with E-state index in [-0.39, 0.29) is 5.91 Å². The fourth-order valence-electron chi connectivity index (χ4n) is 2.04. The molecule has 2 N–H and O–H groups in total. The van der Waals surface area contributed by atoms with Crippen LogP contribution in [0.2, 0.25) is 0 Å².